The third kappa shape index (κ3) is 10.3. The van der Waals surface area contributed by atoms with E-state index in [0.29, 0.717) is 0 Å². The van der Waals surface area contributed by atoms with Crippen LogP contribution in [0.4, 0.5) is 0 Å². The van der Waals surface area contributed by atoms with Crippen LogP contribution in [0.1, 0.15) is 80.1 Å². The van der Waals surface area contributed by atoms with Crippen LogP contribution >= 0.6 is 57.7 Å². The van der Waals surface area contributed by atoms with Gasteiger partial charge in [-0.05, 0) is 128 Å². The molecule has 1 unspecified atom stereocenters. The van der Waals surface area contributed by atoms with Crippen molar-refractivity contribution in [1.29, 1.82) is 0 Å². The molecule has 0 aromatic carbocycles. The van der Waals surface area contributed by atoms with Crippen molar-refractivity contribution in [3.63, 3.8) is 0 Å². The molecule has 0 N–H and O–H groups in total. The Bertz CT molecular complexity index is 782. The number of rotatable bonds is 10. The zero-order chi connectivity index (χ0) is 23.0. The van der Waals surface area contributed by atoms with Gasteiger partial charge in [-0.1, -0.05) is 78.3 Å². The summed E-state index contributed by atoms with van der Waals surface area (Å²) < 4.78 is 0. The summed E-state index contributed by atoms with van der Waals surface area (Å²) in [5, 5.41) is 1.78. The van der Waals surface area contributed by atoms with E-state index in [0.717, 1.165) is 43.4 Å². The summed E-state index contributed by atoms with van der Waals surface area (Å²) in [4.78, 5) is 1.12. The largest absolute Gasteiger partial charge is 0.0975 e. The molecule has 0 amide bonds. The number of hydrogen-bond donors (Lipinski definition) is 2. The van der Waals surface area contributed by atoms with Crippen LogP contribution in [0, 0.1) is 0 Å². The van der Waals surface area contributed by atoms with Crippen LogP contribution in [0.5, 0.6) is 0 Å². The fraction of sp³-hybridized carbons (Fsp3) is 0.500. The topological polar surface area (TPSA) is 0 Å². The van der Waals surface area contributed by atoms with E-state index >= 15 is 0 Å². The Morgan fingerprint density at radius 2 is 1.20 bits per heavy atom. The normalized spacial score (nSPS) is 23.5. The van der Waals surface area contributed by atoms with E-state index in [9.17, 15) is 0 Å². The molecule has 0 radical (unpaired) electrons. The highest BCUT2D eigenvalue weighted by molar-refractivity contribution is 9.38. The van der Waals surface area contributed by atoms with Crippen molar-refractivity contribution < 1.29 is 0 Å². The highest BCUT2D eigenvalue weighted by Crippen LogP contribution is 3.02. The summed E-state index contributed by atoms with van der Waals surface area (Å²) >= 11 is 0. The maximum absolute atomic E-state index is 6.86. The van der Waals surface area contributed by atoms with Gasteiger partial charge in [-0.15, -0.1) is 0 Å². The monoisotopic (exact) mass is 530 g/mol. The molecular formula is C24H38Cl4S2. The van der Waals surface area contributed by atoms with E-state index in [1.165, 1.54) is 27.9 Å². The van der Waals surface area contributed by atoms with E-state index in [1.807, 2.05) is 6.08 Å². The molecular weight excluding hydrogens is 494 g/mol. The standard InChI is InChI=1S/C24H38Cl4S2/c1-19(2)11-7-9-13-21(5)17-23-15-16-30(26,27,28)29(25)24(23)18-22(6)14-10-8-12-20(3)4/h11-16,29-30H,7-10,17-18H2,1-6H3. The molecule has 0 saturated carbocycles. The van der Waals surface area contributed by atoms with Crippen LogP contribution in [0.25, 0.3) is 0 Å². The number of hydrogen-bond acceptors (Lipinski definition) is 0. The van der Waals surface area contributed by atoms with Gasteiger partial charge in [0.25, 0.3) is 0 Å². The second kappa shape index (κ2) is 12.5. The van der Waals surface area contributed by atoms with E-state index < -0.39 is 15.0 Å². The molecule has 1 aliphatic heterocycles. The molecule has 0 aliphatic carbocycles. The molecule has 6 heteroatoms. The summed E-state index contributed by atoms with van der Waals surface area (Å²) in [5.41, 5.74) is 6.55. The molecule has 0 spiro atoms. The Balaban J connectivity index is 3.03. The molecule has 0 saturated heterocycles. The predicted octanol–water partition coefficient (Wildman–Crippen LogP) is 11.5. The van der Waals surface area contributed by atoms with Gasteiger partial charge in [-0.2, -0.15) is 0 Å². The second-order valence-corrected chi connectivity index (χ2v) is 27.0. The lowest BCUT2D eigenvalue weighted by atomic mass is 10.0. The fourth-order valence-electron chi connectivity index (χ4n) is 3.14. The Morgan fingerprint density at radius 3 is 1.67 bits per heavy atom. The molecule has 0 nitrogen and oxygen atoms in total. The zero-order valence-corrected chi connectivity index (χ0v) is 23.9. The Labute approximate surface area is 205 Å². The van der Waals surface area contributed by atoms with Gasteiger partial charge in [0, 0.05) is 0 Å². The van der Waals surface area contributed by atoms with Gasteiger partial charge < -0.3 is 0 Å². The lowest BCUT2D eigenvalue weighted by Gasteiger charge is -2.50. The minimum atomic E-state index is -3.55. The molecule has 1 heterocycles. The van der Waals surface area contributed by atoms with Crippen molar-refractivity contribution in [3.8, 4) is 0 Å². The van der Waals surface area contributed by atoms with Crippen LogP contribution in [0.3, 0.4) is 0 Å². The van der Waals surface area contributed by atoms with Crippen molar-refractivity contribution in [2.24, 2.45) is 0 Å². The molecule has 1 rings (SSSR count). The average molecular weight is 533 g/mol. The lowest BCUT2D eigenvalue weighted by molar-refractivity contribution is 0.989. The maximum Gasteiger partial charge on any atom is -0.000565 e. The van der Waals surface area contributed by atoms with Gasteiger partial charge >= 0.3 is 0 Å². The third-order valence-corrected chi connectivity index (χ3v) is 20.4. The van der Waals surface area contributed by atoms with Crippen LogP contribution in [0.15, 0.2) is 68.6 Å². The maximum atomic E-state index is 6.86. The average Bonchev–Trinajstić information content (AvgIpc) is 2.62. The first-order valence-corrected chi connectivity index (χ1v) is 18.4. The second-order valence-electron chi connectivity index (χ2n) is 8.55. The highest BCUT2D eigenvalue weighted by Gasteiger charge is 2.41. The molecule has 0 fully saturated rings. The summed E-state index contributed by atoms with van der Waals surface area (Å²) in [5.74, 6) is -3.55. The van der Waals surface area contributed by atoms with Crippen LogP contribution in [0.2, 0.25) is 0 Å². The Hall–Kier alpha value is 0.300. The van der Waals surface area contributed by atoms with Gasteiger partial charge in [0.1, 0.15) is 0 Å². The first-order chi connectivity index (χ1) is 13.8. The molecule has 174 valence electrons. The number of unbranched alkanes of at least 4 members (excludes halogenated alkanes) is 2. The first-order valence-electron chi connectivity index (χ1n) is 10.4. The molecule has 0 aromatic heterocycles. The summed E-state index contributed by atoms with van der Waals surface area (Å²) in [7, 11) is 25.4. The van der Waals surface area contributed by atoms with Crippen LogP contribution < -0.4 is 0 Å². The van der Waals surface area contributed by atoms with E-state index in [1.54, 1.807) is 5.41 Å². The minimum absolute atomic E-state index is 0.777. The summed E-state index contributed by atoms with van der Waals surface area (Å²) in [6, 6.07) is 0. The SMILES string of the molecule is CC(C)=CCCC=C(C)CC1=C(CC(C)=CCCC=C(C)C)[SH](Cl)[SH](Cl)(Cl)(Cl)C=C1. The first kappa shape index (κ1) is 28.3. The lowest BCUT2D eigenvalue weighted by Crippen LogP contribution is -2.02. The van der Waals surface area contributed by atoms with E-state index in [-0.39, 0.29) is 0 Å². The number of thiol groups is 2. The van der Waals surface area contributed by atoms with Gasteiger partial charge in [0.05, 0.1) is 0 Å². The van der Waals surface area contributed by atoms with Gasteiger partial charge in [0.2, 0.25) is 0 Å². The zero-order valence-electron chi connectivity index (χ0n) is 19.1. The number of allylic oxidation sites excluding steroid dienone is 11. The number of halogens is 4. The van der Waals surface area contributed by atoms with E-state index in [4.69, 9.17) is 42.7 Å². The van der Waals surface area contributed by atoms with Gasteiger partial charge in [0.15, 0.2) is 0 Å². The molecule has 0 bridgehead atoms. The fourth-order valence-corrected chi connectivity index (χ4v) is 11.2. The summed E-state index contributed by atoms with van der Waals surface area (Å²) in [6.07, 6.45) is 17.0. The molecule has 1 aliphatic rings. The van der Waals surface area contributed by atoms with Gasteiger partial charge in [-0.3, -0.25) is 0 Å². The summed E-state index contributed by atoms with van der Waals surface area (Å²) in [6.45, 7) is 12.9. The molecule has 30 heavy (non-hydrogen) atoms. The van der Waals surface area contributed by atoms with Crippen LogP contribution in [-0.4, -0.2) is 0 Å². The quantitative estimate of drug-likeness (QED) is 0.119. The van der Waals surface area contributed by atoms with Crippen molar-refractivity contribution in [2.45, 2.75) is 80.1 Å². The van der Waals surface area contributed by atoms with E-state index in [2.05, 4.69) is 65.8 Å². The molecule has 0 aromatic rings. The van der Waals surface area contributed by atoms with Crippen LogP contribution in [-0.2, 0) is 0 Å². The molecule has 1 atom stereocenters. The Morgan fingerprint density at radius 1 is 0.767 bits per heavy atom. The Kier molecular flexibility index (Phi) is 11.8. The van der Waals surface area contributed by atoms with Crippen molar-refractivity contribution in [1.82, 2.24) is 0 Å². The third-order valence-electron chi connectivity index (χ3n) is 4.74. The van der Waals surface area contributed by atoms with Crippen molar-refractivity contribution in [3.05, 3.63) is 68.6 Å². The predicted molar refractivity (Wildman–Crippen MR) is 152 cm³/mol. The minimum Gasteiger partial charge on any atom is -0.0975 e. The highest BCUT2D eigenvalue weighted by atomic mass is 36.2. The smallest absolute Gasteiger partial charge is 0.000565 e. The van der Waals surface area contributed by atoms with Crippen molar-refractivity contribution >= 4 is 57.7 Å². The van der Waals surface area contributed by atoms with Crippen molar-refractivity contribution in [2.75, 3.05) is 0 Å². The van der Waals surface area contributed by atoms with Gasteiger partial charge in [-0.25, -0.2) is 0 Å².